The van der Waals surface area contributed by atoms with Gasteiger partial charge in [-0.1, -0.05) is 13.8 Å². The van der Waals surface area contributed by atoms with Crippen molar-refractivity contribution in [3.05, 3.63) is 0 Å². The number of nitrogens with one attached hydrogen (secondary N) is 2. The topological polar surface area (TPSA) is 105 Å². The SMILES string of the molecule is CCCOCCCNC(=O)NC(=O)CC(C)CC(=O)O. The Labute approximate surface area is 119 Å². The third kappa shape index (κ3) is 11.5. The average molecular weight is 288 g/mol. The van der Waals surface area contributed by atoms with E-state index in [1.165, 1.54) is 0 Å². The van der Waals surface area contributed by atoms with Gasteiger partial charge in [0.05, 0.1) is 0 Å². The molecule has 1 atom stereocenters. The predicted octanol–water partition coefficient (Wildman–Crippen LogP) is 1.13. The standard InChI is InChI=1S/C13H24N2O5/c1-3-6-20-7-4-5-14-13(19)15-11(16)8-10(2)9-12(17)18/h10H,3-9H2,1-2H3,(H,17,18)(H2,14,15,16,19). The Kier molecular flexibility index (Phi) is 10.3. The fourth-order valence-electron chi connectivity index (χ4n) is 1.53. The maximum absolute atomic E-state index is 11.4. The summed E-state index contributed by atoms with van der Waals surface area (Å²) < 4.78 is 5.24. The van der Waals surface area contributed by atoms with Gasteiger partial charge in [-0.15, -0.1) is 0 Å². The van der Waals surface area contributed by atoms with Gasteiger partial charge in [-0.3, -0.25) is 14.9 Å². The Bertz CT molecular complexity index is 320. The quantitative estimate of drug-likeness (QED) is 0.523. The molecule has 7 heteroatoms. The summed E-state index contributed by atoms with van der Waals surface area (Å²) in [6.07, 6.45) is 1.55. The minimum atomic E-state index is -0.957. The molecule has 116 valence electrons. The molecular formula is C13H24N2O5. The molecule has 0 aromatic carbocycles. The highest BCUT2D eigenvalue weighted by molar-refractivity contribution is 5.94. The molecule has 0 fully saturated rings. The molecule has 0 heterocycles. The zero-order valence-electron chi connectivity index (χ0n) is 12.1. The Balaban J connectivity index is 3.64. The molecule has 0 aliphatic rings. The first-order chi connectivity index (χ1) is 9.45. The van der Waals surface area contributed by atoms with E-state index in [9.17, 15) is 14.4 Å². The van der Waals surface area contributed by atoms with Crippen LogP contribution in [0.1, 0.15) is 39.5 Å². The molecule has 20 heavy (non-hydrogen) atoms. The van der Waals surface area contributed by atoms with Crippen LogP contribution in [0.5, 0.6) is 0 Å². The van der Waals surface area contributed by atoms with Crippen LogP contribution in [0.3, 0.4) is 0 Å². The van der Waals surface area contributed by atoms with E-state index in [-0.39, 0.29) is 18.8 Å². The number of amides is 3. The molecule has 0 spiro atoms. The zero-order valence-corrected chi connectivity index (χ0v) is 12.1. The molecule has 0 saturated heterocycles. The van der Waals surface area contributed by atoms with Gasteiger partial charge in [0.1, 0.15) is 0 Å². The number of carboxylic acid groups (broad SMARTS) is 1. The lowest BCUT2D eigenvalue weighted by molar-refractivity contribution is -0.138. The van der Waals surface area contributed by atoms with Crippen molar-refractivity contribution in [1.29, 1.82) is 0 Å². The summed E-state index contributed by atoms with van der Waals surface area (Å²) in [6.45, 7) is 5.36. The summed E-state index contributed by atoms with van der Waals surface area (Å²) in [4.78, 5) is 33.2. The normalized spacial score (nSPS) is 11.7. The van der Waals surface area contributed by atoms with Gasteiger partial charge in [0.25, 0.3) is 0 Å². The zero-order chi connectivity index (χ0) is 15.4. The lowest BCUT2D eigenvalue weighted by atomic mass is 10.0. The van der Waals surface area contributed by atoms with Crippen molar-refractivity contribution >= 4 is 17.9 Å². The fraction of sp³-hybridized carbons (Fsp3) is 0.769. The fourth-order valence-corrected chi connectivity index (χ4v) is 1.53. The molecular weight excluding hydrogens is 264 g/mol. The summed E-state index contributed by atoms with van der Waals surface area (Å²) in [5.41, 5.74) is 0. The summed E-state index contributed by atoms with van der Waals surface area (Å²) >= 11 is 0. The van der Waals surface area contributed by atoms with Gasteiger partial charge in [-0.2, -0.15) is 0 Å². The number of carbonyl (C=O) groups excluding carboxylic acids is 2. The highest BCUT2D eigenvalue weighted by atomic mass is 16.5. The molecule has 0 saturated carbocycles. The largest absolute Gasteiger partial charge is 0.481 e. The summed E-state index contributed by atoms with van der Waals surface area (Å²) in [5.74, 6) is -1.73. The second-order valence-electron chi connectivity index (χ2n) is 4.68. The molecule has 0 radical (unpaired) electrons. The Morgan fingerprint density at radius 1 is 1.20 bits per heavy atom. The number of ether oxygens (including phenoxy) is 1. The monoisotopic (exact) mass is 288 g/mol. The van der Waals surface area contributed by atoms with E-state index in [1.54, 1.807) is 6.92 Å². The number of hydrogen-bond acceptors (Lipinski definition) is 4. The van der Waals surface area contributed by atoms with Gasteiger partial charge in [0.2, 0.25) is 5.91 Å². The molecule has 0 aliphatic carbocycles. The van der Waals surface area contributed by atoms with Gasteiger partial charge >= 0.3 is 12.0 Å². The highest BCUT2D eigenvalue weighted by Crippen LogP contribution is 2.06. The molecule has 3 N–H and O–H groups in total. The van der Waals surface area contributed by atoms with Crippen LogP contribution in [-0.4, -0.2) is 42.8 Å². The van der Waals surface area contributed by atoms with E-state index in [1.807, 2.05) is 6.92 Å². The van der Waals surface area contributed by atoms with Crippen LogP contribution in [0, 0.1) is 5.92 Å². The summed E-state index contributed by atoms with van der Waals surface area (Å²) in [5, 5.41) is 13.3. The van der Waals surface area contributed by atoms with Crippen molar-refractivity contribution in [2.24, 2.45) is 5.92 Å². The van der Waals surface area contributed by atoms with Crippen molar-refractivity contribution < 1.29 is 24.2 Å². The van der Waals surface area contributed by atoms with Crippen LogP contribution in [0.2, 0.25) is 0 Å². The highest BCUT2D eigenvalue weighted by Gasteiger charge is 2.14. The lowest BCUT2D eigenvalue weighted by Crippen LogP contribution is -2.40. The van der Waals surface area contributed by atoms with Crippen molar-refractivity contribution in [2.75, 3.05) is 19.8 Å². The van der Waals surface area contributed by atoms with Crippen LogP contribution in [0.4, 0.5) is 4.79 Å². The number of rotatable bonds is 10. The summed E-state index contributed by atoms with van der Waals surface area (Å²) in [7, 11) is 0. The Morgan fingerprint density at radius 2 is 1.90 bits per heavy atom. The molecule has 7 nitrogen and oxygen atoms in total. The van der Waals surface area contributed by atoms with Crippen molar-refractivity contribution in [3.8, 4) is 0 Å². The van der Waals surface area contributed by atoms with E-state index >= 15 is 0 Å². The number of carbonyl (C=O) groups is 3. The van der Waals surface area contributed by atoms with E-state index in [0.717, 1.165) is 6.42 Å². The maximum Gasteiger partial charge on any atom is 0.321 e. The first kappa shape index (κ1) is 18.4. The lowest BCUT2D eigenvalue weighted by Gasteiger charge is -2.09. The number of imide groups is 1. The Morgan fingerprint density at radius 3 is 2.50 bits per heavy atom. The van der Waals surface area contributed by atoms with E-state index in [0.29, 0.717) is 26.2 Å². The van der Waals surface area contributed by atoms with Gasteiger partial charge in [-0.05, 0) is 18.8 Å². The predicted molar refractivity (Wildman–Crippen MR) is 73.3 cm³/mol. The Hall–Kier alpha value is -1.63. The average Bonchev–Trinajstić information content (AvgIpc) is 2.32. The molecule has 0 aliphatic heterocycles. The van der Waals surface area contributed by atoms with Crippen LogP contribution < -0.4 is 10.6 Å². The van der Waals surface area contributed by atoms with Crippen molar-refractivity contribution in [1.82, 2.24) is 10.6 Å². The van der Waals surface area contributed by atoms with Crippen LogP contribution in [-0.2, 0) is 14.3 Å². The van der Waals surface area contributed by atoms with Gasteiger partial charge in [0, 0.05) is 32.6 Å². The molecule has 0 rings (SSSR count). The van der Waals surface area contributed by atoms with Crippen molar-refractivity contribution in [3.63, 3.8) is 0 Å². The van der Waals surface area contributed by atoms with E-state index in [4.69, 9.17) is 9.84 Å². The smallest absolute Gasteiger partial charge is 0.321 e. The number of urea groups is 1. The van der Waals surface area contributed by atoms with Crippen LogP contribution in [0.25, 0.3) is 0 Å². The molecule has 0 aromatic rings. The van der Waals surface area contributed by atoms with E-state index in [2.05, 4.69) is 10.6 Å². The molecule has 0 aromatic heterocycles. The minimum Gasteiger partial charge on any atom is -0.481 e. The molecule has 3 amide bonds. The second kappa shape index (κ2) is 11.2. The van der Waals surface area contributed by atoms with Crippen molar-refractivity contribution in [2.45, 2.75) is 39.5 Å². The first-order valence-electron chi connectivity index (χ1n) is 6.82. The third-order valence-electron chi connectivity index (χ3n) is 2.41. The third-order valence-corrected chi connectivity index (χ3v) is 2.41. The van der Waals surface area contributed by atoms with Crippen LogP contribution in [0.15, 0.2) is 0 Å². The van der Waals surface area contributed by atoms with Crippen LogP contribution >= 0.6 is 0 Å². The number of carboxylic acids is 1. The first-order valence-corrected chi connectivity index (χ1v) is 6.82. The number of hydrogen-bond donors (Lipinski definition) is 3. The van der Waals surface area contributed by atoms with Gasteiger partial charge in [-0.25, -0.2) is 4.79 Å². The van der Waals surface area contributed by atoms with Gasteiger partial charge in [0.15, 0.2) is 0 Å². The minimum absolute atomic E-state index is 0.0132. The second-order valence-corrected chi connectivity index (χ2v) is 4.68. The molecule has 1 unspecified atom stereocenters. The molecule has 0 bridgehead atoms. The van der Waals surface area contributed by atoms with E-state index < -0.39 is 17.9 Å². The maximum atomic E-state index is 11.4. The number of aliphatic carboxylic acids is 1. The van der Waals surface area contributed by atoms with Gasteiger partial charge < -0.3 is 15.2 Å². The summed E-state index contributed by atoms with van der Waals surface area (Å²) in [6, 6.07) is -0.562.